The highest BCUT2D eigenvalue weighted by Crippen LogP contribution is 2.39. The van der Waals surface area contributed by atoms with Crippen molar-refractivity contribution < 1.29 is 22.7 Å². The molecule has 0 saturated heterocycles. The molecule has 1 aliphatic heterocycles. The van der Waals surface area contributed by atoms with Gasteiger partial charge < -0.3 is 9.64 Å². The Morgan fingerprint density at radius 3 is 2.24 bits per heavy atom. The summed E-state index contributed by atoms with van der Waals surface area (Å²) in [6, 6.07) is 11.9. The molecular weight excluding hydrogens is 454 g/mol. The van der Waals surface area contributed by atoms with E-state index in [1.165, 1.54) is 20.4 Å². The van der Waals surface area contributed by atoms with E-state index in [1.54, 1.807) is 34.1 Å². The fourth-order valence-electron chi connectivity index (χ4n) is 4.79. The summed E-state index contributed by atoms with van der Waals surface area (Å²) in [6.07, 6.45) is 4.58. The number of anilines is 2. The van der Waals surface area contributed by atoms with Crippen molar-refractivity contribution in [1.29, 1.82) is 0 Å². The molecule has 1 N–H and O–H groups in total. The number of fused-ring (bicyclic) bond motifs is 1. The lowest BCUT2D eigenvalue weighted by molar-refractivity contribution is -0.117. The van der Waals surface area contributed by atoms with E-state index in [0.29, 0.717) is 17.9 Å². The van der Waals surface area contributed by atoms with Crippen LogP contribution in [0.1, 0.15) is 46.0 Å². The van der Waals surface area contributed by atoms with Gasteiger partial charge in [-0.1, -0.05) is 24.6 Å². The summed E-state index contributed by atoms with van der Waals surface area (Å²) >= 11 is 0. The second-order valence-corrected chi connectivity index (χ2v) is 10.8. The van der Waals surface area contributed by atoms with Crippen LogP contribution in [0.3, 0.4) is 0 Å². The van der Waals surface area contributed by atoms with Crippen LogP contribution >= 0.6 is 0 Å². The molecule has 0 bridgehead atoms. The zero-order valence-corrected chi connectivity index (χ0v) is 20.6. The van der Waals surface area contributed by atoms with E-state index in [4.69, 9.17) is 4.74 Å². The Bertz CT molecular complexity index is 1170. The molecule has 1 aliphatic carbocycles. The molecule has 1 fully saturated rings. The van der Waals surface area contributed by atoms with E-state index in [2.05, 4.69) is 4.72 Å². The summed E-state index contributed by atoms with van der Waals surface area (Å²) in [7, 11) is -2.16. The fourth-order valence-corrected chi connectivity index (χ4v) is 5.52. The summed E-state index contributed by atoms with van der Waals surface area (Å²) in [5.74, 6) is -0.0941. The van der Waals surface area contributed by atoms with Gasteiger partial charge in [0.05, 0.1) is 22.3 Å². The highest BCUT2D eigenvalue weighted by atomic mass is 32.2. The van der Waals surface area contributed by atoms with Crippen molar-refractivity contribution in [2.75, 3.05) is 23.4 Å². The first-order chi connectivity index (χ1) is 16.2. The van der Waals surface area contributed by atoms with Crippen molar-refractivity contribution in [3.63, 3.8) is 0 Å². The highest BCUT2D eigenvalue weighted by molar-refractivity contribution is 7.89. The molecule has 182 valence electrons. The number of ether oxygens (including phenoxy) is 1. The van der Waals surface area contributed by atoms with Crippen LogP contribution in [0.5, 0.6) is 0 Å². The first-order valence-electron chi connectivity index (χ1n) is 11.7. The lowest BCUT2D eigenvalue weighted by Gasteiger charge is -2.41. The Kier molecular flexibility index (Phi) is 6.95. The SMILES string of the molecule is CNS(=O)(=O)c1ccc(-c2ccc3c(c2)N(C(=O)OC2CCCCC2)C[C@H](C)N3C(C)=O)cc1. The molecule has 9 heteroatoms. The highest BCUT2D eigenvalue weighted by Gasteiger charge is 2.35. The molecule has 2 aromatic carbocycles. The van der Waals surface area contributed by atoms with E-state index in [0.717, 1.165) is 36.8 Å². The Balaban J connectivity index is 1.70. The van der Waals surface area contributed by atoms with Gasteiger partial charge in [0.25, 0.3) is 0 Å². The molecule has 4 rings (SSSR count). The minimum atomic E-state index is -3.53. The smallest absolute Gasteiger partial charge is 0.414 e. The van der Waals surface area contributed by atoms with Gasteiger partial charge in [0.2, 0.25) is 15.9 Å². The van der Waals surface area contributed by atoms with Gasteiger partial charge >= 0.3 is 6.09 Å². The number of hydrogen-bond acceptors (Lipinski definition) is 5. The van der Waals surface area contributed by atoms with Crippen molar-refractivity contribution in [1.82, 2.24) is 4.72 Å². The molecule has 2 amide bonds. The van der Waals surface area contributed by atoms with Gasteiger partial charge in [0.15, 0.2) is 0 Å². The van der Waals surface area contributed by atoms with Crippen molar-refractivity contribution in [3.05, 3.63) is 42.5 Å². The third-order valence-corrected chi connectivity index (χ3v) is 7.99. The normalized spacial score (nSPS) is 19.0. The summed E-state index contributed by atoms with van der Waals surface area (Å²) in [5.41, 5.74) is 2.87. The Morgan fingerprint density at radius 1 is 0.971 bits per heavy atom. The van der Waals surface area contributed by atoms with Crippen molar-refractivity contribution in [2.45, 2.75) is 63.0 Å². The van der Waals surface area contributed by atoms with Crippen LogP contribution in [0.2, 0.25) is 0 Å². The molecule has 0 unspecified atom stereocenters. The van der Waals surface area contributed by atoms with Crippen molar-refractivity contribution in [3.8, 4) is 11.1 Å². The van der Waals surface area contributed by atoms with Crippen molar-refractivity contribution in [2.24, 2.45) is 0 Å². The van der Waals surface area contributed by atoms with Gasteiger partial charge in [-0.3, -0.25) is 9.69 Å². The summed E-state index contributed by atoms with van der Waals surface area (Å²) in [5, 5.41) is 0. The molecule has 0 aromatic heterocycles. The number of benzene rings is 2. The zero-order valence-electron chi connectivity index (χ0n) is 19.8. The molecule has 34 heavy (non-hydrogen) atoms. The Labute approximate surface area is 200 Å². The topological polar surface area (TPSA) is 96.0 Å². The summed E-state index contributed by atoms with van der Waals surface area (Å²) < 4.78 is 32.3. The first-order valence-corrected chi connectivity index (χ1v) is 13.2. The quantitative estimate of drug-likeness (QED) is 0.697. The van der Waals surface area contributed by atoms with Gasteiger partial charge in [0.1, 0.15) is 6.10 Å². The molecule has 1 atom stereocenters. The molecule has 0 spiro atoms. The maximum atomic E-state index is 13.2. The van der Waals surface area contributed by atoms with Crippen LogP contribution in [-0.2, 0) is 19.6 Å². The van der Waals surface area contributed by atoms with Gasteiger partial charge in [-0.2, -0.15) is 0 Å². The van der Waals surface area contributed by atoms with E-state index < -0.39 is 16.1 Å². The number of nitrogens with zero attached hydrogens (tertiary/aromatic N) is 2. The summed E-state index contributed by atoms with van der Waals surface area (Å²) in [4.78, 5) is 29.1. The Hall–Kier alpha value is -2.91. The average Bonchev–Trinajstić information content (AvgIpc) is 2.83. The second kappa shape index (κ2) is 9.76. The zero-order chi connectivity index (χ0) is 24.5. The van der Waals surface area contributed by atoms with E-state index in [9.17, 15) is 18.0 Å². The van der Waals surface area contributed by atoms with Crippen LogP contribution in [0.25, 0.3) is 11.1 Å². The van der Waals surface area contributed by atoms with E-state index in [1.807, 2.05) is 25.1 Å². The van der Waals surface area contributed by atoms with Crippen molar-refractivity contribution >= 4 is 33.4 Å². The van der Waals surface area contributed by atoms with E-state index >= 15 is 0 Å². The van der Waals surface area contributed by atoms with Gasteiger partial charge in [0, 0.05) is 13.5 Å². The third kappa shape index (κ3) is 4.81. The maximum Gasteiger partial charge on any atom is 0.414 e. The second-order valence-electron chi connectivity index (χ2n) is 8.93. The van der Waals surface area contributed by atoms with Gasteiger partial charge in [-0.25, -0.2) is 17.9 Å². The number of nitrogens with one attached hydrogen (secondary N) is 1. The van der Waals surface area contributed by atoms with Gasteiger partial charge in [-0.05, 0) is 75.0 Å². The van der Waals surface area contributed by atoms with Gasteiger partial charge in [-0.15, -0.1) is 0 Å². The molecule has 8 nitrogen and oxygen atoms in total. The van der Waals surface area contributed by atoms with Crippen LogP contribution in [-0.4, -0.2) is 46.2 Å². The Morgan fingerprint density at radius 2 is 1.62 bits per heavy atom. The molecule has 0 radical (unpaired) electrons. The minimum absolute atomic E-state index is 0.0734. The third-order valence-electron chi connectivity index (χ3n) is 6.56. The molecule has 2 aliphatic rings. The van der Waals surface area contributed by atoms with Crippen LogP contribution in [0.15, 0.2) is 47.4 Å². The van der Waals surface area contributed by atoms with Crippen LogP contribution in [0, 0.1) is 0 Å². The number of amides is 2. The number of carbonyl (C=O) groups is 2. The van der Waals surface area contributed by atoms with E-state index in [-0.39, 0.29) is 22.9 Å². The summed E-state index contributed by atoms with van der Waals surface area (Å²) in [6.45, 7) is 3.77. The minimum Gasteiger partial charge on any atom is -0.446 e. The predicted octanol–water partition coefficient (Wildman–Crippen LogP) is 4.29. The number of rotatable bonds is 4. The average molecular weight is 486 g/mol. The fraction of sp³-hybridized carbons (Fsp3) is 0.440. The number of hydrogen-bond donors (Lipinski definition) is 1. The van der Waals surface area contributed by atoms with Crippen LogP contribution < -0.4 is 14.5 Å². The molecular formula is C25H31N3O5S. The predicted molar refractivity (Wildman–Crippen MR) is 131 cm³/mol. The van der Waals surface area contributed by atoms with Crippen LogP contribution in [0.4, 0.5) is 16.2 Å². The number of sulfonamides is 1. The maximum absolute atomic E-state index is 13.2. The largest absolute Gasteiger partial charge is 0.446 e. The monoisotopic (exact) mass is 485 g/mol. The molecule has 1 heterocycles. The first kappa shape index (κ1) is 24.2. The molecule has 1 saturated carbocycles. The lowest BCUT2D eigenvalue weighted by atomic mass is 9.98. The number of carbonyl (C=O) groups excluding carboxylic acids is 2. The standard InChI is InChI=1S/C25H31N3O5S/c1-17-16-27(25(30)33-21-7-5-4-6-8-21)24-15-20(11-14-23(24)28(17)18(2)29)19-9-12-22(13-10-19)34(31,32)26-3/h9-15,17,21,26H,4-8,16H2,1-3H3/t17-/m0/s1. The lowest BCUT2D eigenvalue weighted by Crippen LogP contribution is -2.52. The molecule has 2 aromatic rings.